The summed E-state index contributed by atoms with van der Waals surface area (Å²) in [5, 5.41) is 13.1. The van der Waals surface area contributed by atoms with E-state index in [4.69, 9.17) is 5.26 Å². The lowest BCUT2D eigenvalue weighted by Gasteiger charge is -2.22. The third-order valence-electron chi connectivity index (χ3n) is 5.50. The fraction of sp³-hybridized carbons (Fsp3) is 0.280. The van der Waals surface area contributed by atoms with Crippen molar-refractivity contribution in [1.82, 2.24) is 0 Å². The number of hydrogen-bond acceptors (Lipinski definition) is 5. The zero-order valence-electron chi connectivity index (χ0n) is 19.2. The van der Waals surface area contributed by atoms with Crippen LogP contribution in [0.2, 0.25) is 0 Å². The summed E-state index contributed by atoms with van der Waals surface area (Å²) in [6, 6.07) is 19.3. The van der Waals surface area contributed by atoms with Crippen LogP contribution >= 0.6 is 0 Å². The Bertz CT molecular complexity index is 1310. The Hall–Kier alpha value is -3.57. The molecule has 0 spiro atoms. The van der Waals surface area contributed by atoms with Gasteiger partial charge in [-0.25, -0.2) is 8.42 Å². The average Bonchev–Trinajstić information content (AvgIpc) is 2.77. The number of carbonyl (C=O) groups excluding carboxylic acids is 1. The highest BCUT2D eigenvalue weighted by Gasteiger charge is 2.27. The van der Waals surface area contributed by atoms with Crippen LogP contribution in [-0.4, -0.2) is 28.4 Å². The molecule has 3 rings (SSSR count). The molecule has 0 aliphatic heterocycles. The van der Waals surface area contributed by atoms with Crippen molar-refractivity contribution in [2.45, 2.75) is 31.6 Å². The molecule has 0 atom stereocenters. The second-order valence-corrected chi connectivity index (χ2v) is 10.4. The van der Waals surface area contributed by atoms with Gasteiger partial charge in [-0.05, 0) is 42.8 Å². The Morgan fingerprint density at radius 3 is 2.21 bits per heavy atom. The molecule has 3 aromatic rings. The van der Waals surface area contributed by atoms with E-state index in [1.54, 1.807) is 56.3 Å². The van der Waals surface area contributed by atoms with Gasteiger partial charge in [-0.3, -0.25) is 9.52 Å². The minimum atomic E-state index is -3.84. The monoisotopic (exact) mass is 464 g/mol. The molecule has 0 bridgehead atoms. The molecular formula is C25H28N4O3S. The van der Waals surface area contributed by atoms with E-state index in [9.17, 15) is 13.2 Å². The number of nitrogens with one attached hydrogen (secondary N) is 2. The largest absolute Gasteiger partial charge is 0.377 e. The Balaban J connectivity index is 1.81. The predicted octanol–water partition coefficient (Wildman–Crippen LogP) is 4.98. The van der Waals surface area contributed by atoms with Gasteiger partial charge in [0.25, 0.3) is 10.0 Å². The normalized spacial score (nSPS) is 11.6. The van der Waals surface area contributed by atoms with Crippen molar-refractivity contribution in [1.29, 1.82) is 5.26 Å². The summed E-state index contributed by atoms with van der Waals surface area (Å²) in [6.45, 7) is 3.57. The second kappa shape index (κ2) is 9.51. The van der Waals surface area contributed by atoms with Gasteiger partial charge in [0, 0.05) is 53.8 Å². The molecule has 8 heteroatoms. The number of nitrogens with zero attached hydrogens (tertiary/aromatic N) is 2. The Kier molecular flexibility index (Phi) is 6.94. The first kappa shape index (κ1) is 24.1. The van der Waals surface area contributed by atoms with Crippen molar-refractivity contribution >= 4 is 43.8 Å². The number of benzene rings is 3. The first-order chi connectivity index (χ1) is 15.5. The van der Waals surface area contributed by atoms with Crippen molar-refractivity contribution in [3.05, 3.63) is 60.7 Å². The van der Waals surface area contributed by atoms with E-state index in [1.807, 2.05) is 37.2 Å². The van der Waals surface area contributed by atoms with Gasteiger partial charge in [-0.2, -0.15) is 5.26 Å². The van der Waals surface area contributed by atoms with Gasteiger partial charge >= 0.3 is 0 Å². The van der Waals surface area contributed by atoms with Gasteiger partial charge in [0.1, 0.15) is 0 Å². The number of nitriles is 1. The van der Waals surface area contributed by atoms with Crippen LogP contribution in [0.1, 0.15) is 26.7 Å². The van der Waals surface area contributed by atoms with Gasteiger partial charge in [0.05, 0.1) is 11.0 Å². The second-order valence-electron chi connectivity index (χ2n) is 8.70. The molecule has 0 aliphatic rings. The van der Waals surface area contributed by atoms with E-state index < -0.39 is 15.4 Å². The van der Waals surface area contributed by atoms with Crippen molar-refractivity contribution in [3.8, 4) is 6.07 Å². The molecule has 7 nitrogen and oxygen atoms in total. The van der Waals surface area contributed by atoms with Gasteiger partial charge < -0.3 is 10.2 Å². The SMILES string of the molecule is CN(C)c1cccc2c(S(=O)(=O)Nc3ccc(NC(=O)C(C)(C)CCC#N)cc3)cccc12. The van der Waals surface area contributed by atoms with E-state index in [0.29, 0.717) is 29.6 Å². The molecule has 1 amide bonds. The Labute approximate surface area is 195 Å². The molecule has 0 heterocycles. The highest BCUT2D eigenvalue weighted by atomic mass is 32.2. The number of rotatable bonds is 8. The van der Waals surface area contributed by atoms with Crippen LogP contribution in [0.4, 0.5) is 17.1 Å². The third kappa shape index (κ3) is 5.44. The molecule has 33 heavy (non-hydrogen) atoms. The number of amides is 1. The van der Waals surface area contributed by atoms with E-state index in [1.165, 1.54) is 0 Å². The Morgan fingerprint density at radius 2 is 1.58 bits per heavy atom. The van der Waals surface area contributed by atoms with Gasteiger partial charge in [0.15, 0.2) is 0 Å². The van der Waals surface area contributed by atoms with Crippen molar-refractivity contribution in [2.24, 2.45) is 5.41 Å². The maximum Gasteiger partial charge on any atom is 0.262 e. The molecule has 2 N–H and O–H groups in total. The lowest BCUT2D eigenvalue weighted by atomic mass is 9.87. The van der Waals surface area contributed by atoms with Crippen LogP contribution in [0, 0.1) is 16.7 Å². The summed E-state index contributed by atoms with van der Waals surface area (Å²) in [5.41, 5.74) is 1.18. The van der Waals surface area contributed by atoms with Gasteiger partial charge in [-0.1, -0.05) is 38.1 Å². The van der Waals surface area contributed by atoms with Crippen molar-refractivity contribution < 1.29 is 13.2 Å². The number of fused-ring (bicyclic) bond motifs is 1. The van der Waals surface area contributed by atoms with E-state index >= 15 is 0 Å². The van der Waals surface area contributed by atoms with Crippen LogP contribution in [0.15, 0.2) is 65.6 Å². The van der Waals surface area contributed by atoms with Crippen LogP contribution in [-0.2, 0) is 14.8 Å². The molecule has 0 aromatic heterocycles. The maximum absolute atomic E-state index is 13.2. The van der Waals surface area contributed by atoms with Crippen LogP contribution in [0.25, 0.3) is 10.8 Å². The van der Waals surface area contributed by atoms with E-state index in [2.05, 4.69) is 16.1 Å². The predicted molar refractivity (Wildman–Crippen MR) is 133 cm³/mol. The summed E-state index contributed by atoms with van der Waals surface area (Å²) >= 11 is 0. The minimum Gasteiger partial charge on any atom is -0.377 e. The quantitative estimate of drug-likeness (QED) is 0.490. The average molecular weight is 465 g/mol. The van der Waals surface area contributed by atoms with Crippen LogP contribution in [0.5, 0.6) is 0 Å². The van der Waals surface area contributed by atoms with Crippen molar-refractivity contribution in [3.63, 3.8) is 0 Å². The fourth-order valence-corrected chi connectivity index (χ4v) is 4.78. The van der Waals surface area contributed by atoms with E-state index in [0.717, 1.165) is 11.1 Å². The zero-order valence-corrected chi connectivity index (χ0v) is 20.0. The molecule has 172 valence electrons. The van der Waals surface area contributed by atoms with Crippen molar-refractivity contribution in [2.75, 3.05) is 29.0 Å². The standard InChI is InChI=1S/C25H28N4O3S/c1-25(2,16-7-17-26)24(30)27-18-12-14-19(15-13-18)28-33(31,32)23-11-6-8-20-21(23)9-5-10-22(20)29(3)4/h5-6,8-15,28H,7,16H2,1-4H3,(H,27,30). The smallest absolute Gasteiger partial charge is 0.262 e. The number of sulfonamides is 1. The highest BCUT2D eigenvalue weighted by Crippen LogP contribution is 2.31. The lowest BCUT2D eigenvalue weighted by molar-refractivity contribution is -0.124. The number of anilines is 3. The first-order valence-electron chi connectivity index (χ1n) is 10.6. The van der Waals surface area contributed by atoms with Crippen LogP contribution in [0.3, 0.4) is 0 Å². The summed E-state index contributed by atoms with van der Waals surface area (Å²) in [4.78, 5) is 14.6. The minimum absolute atomic E-state index is 0.195. The third-order valence-corrected chi connectivity index (χ3v) is 6.94. The molecule has 0 radical (unpaired) electrons. The van der Waals surface area contributed by atoms with E-state index in [-0.39, 0.29) is 10.8 Å². The van der Waals surface area contributed by atoms with Gasteiger partial charge in [0.2, 0.25) is 5.91 Å². The Morgan fingerprint density at radius 1 is 0.970 bits per heavy atom. The lowest BCUT2D eigenvalue weighted by Crippen LogP contribution is -2.30. The molecule has 0 saturated carbocycles. The molecule has 3 aromatic carbocycles. The highest BCUT2D eigenvalue weighted by molar-refractivity contribution is 7.93. The maximum atomic E-state index is 13.2. The number of carbonyl (C=O) groups is 1. The zero-order chi connectivity index (χ0) is 24.2. The summed E-state index contributed by atoms with van der Waals surface area (Å²) in [5.74, 6) is -0.196. The van der Waals surface area contributed by atoms with Crippen LogP contribution < -0.4 is 14.9 Å². The number of hydrogen-bond donors (Lipinski definition) is 2. The molecule has 0 saturated heterocycles. The topological polar surface area (TPSA) is 102 Å². The summed E-state index contributed by atoms with van der Waals surface area (Å²) in [6.07, 6.45) is 0.749. The molecule has 0 unspecified atom stereocenters. The summed E-state index contributed by atoms with van der Waals surface area (Å²) in [7, 11) is -0.00659. The molecule has 0 aliphatic carbocycles. The summed E-state index contributed by atoms with van der Waals surface area (Å²) < 4.78 is 29.0. The molecule has 0 fully saturated rings. The molecular weight excluding hydrogens is 436 g/mol. The fourth-order valence-electron chi connectivity index (χ4n) is 3.50. The van der Waals surface area contributed by atoms with Gasteiger partial charge in [-0.15, -0.1) is 0 Å². The first-order valence-corrected chi connectivity index (χ1v) is 12.0.